The Balaban J connectivity index is 1.66. The number of aromatic nitrogens is 4. The average molecular weight is 293 g/mol. The van der Waals surface area contributed by atoms with Gasteiger partial charge in [0, 0.05) is 6.54 Å². The summed E-state index contributed by atoms with van der Waals surface area (Å²) >= 11 is 0. The molecule has 0 unspecified atom stereocenters. The molecule has 112 valence electrons. The molecule has 0 aliphatic carbocycles. The van der Waals surface area contributed by atoms with Crippen molar-refractivity contribution in [2.75, 3.05) is 11.9 Å². The van der Waals surface area contributed by atoms with Crippen LogP contribution in [0.5, 0.6) is 0 Å². The first kappa shape index (κ1) is 14.3. The molecule has 1 aromatic heterocycles. The molecular formula is C17H19N5. The van der Waals surface area contributed by atoms with Gasteiger partial charge in [-0.2, -0.15) is 4.68 Å². The van der Waals surface area contributed by atoms with Gasteiger partial charge in [0.1, 0.15) is 0 Å². The summed E-state index contributed by atoms with van der Waals surface area (Å²) in [5.41, 5.74) is 4.75. The van der Waals surface area contributed by atoms with Crippen molar-refractivity contribution in [1.82, 2.24) is 20.2 Å². The second-order valence-electron chi connectivity index (χ2n) is 5.42. The molecule has 0 spiro atoms. The highest BCUT2D eigenvalue weighted by Crippen LogP contribution is 2.12. The standard InChI is InChI=1S/C17H19N5/c1-13-6-8-16(9-7-13)22-17(19-20-21-22)18-11-10-15-5-3-4-14(2)12-15/h3-9,12H,10-11H2,1-2H3,(H,18,19,21). The van der Waals surface area contributed by atoms with E-state index in [1.807, 2.05) is 24.3 Å². The smallest absolute Gasteiger partial charge is 0.247 e. The largest absolute Gasteiger partial charge is 0.352 e. The van der Waals surface area contributed by atoms with Gasteiger partial charge in [0.2, 0.25) is 5.95 Å². The van der Waals surface area contributed by atoms with E-state index >= 15 is 0 Å². The highest BCUT2D eigenvalue weighted by molar-refractivity contribution is 5.40. The predicted octanol–water partition coefficient (Wildman–Crippen LogP) is 2.93. The fraction of sp³-hybridized carbons (Fsp3) is 0.235. The molecule has 0 aliphatic heterocycles. The van der Waals surface area contributed by atoms with Gasteiger partial charge in [-0.05, 0) is 48.4 Å². The summed E-state index contributed by atoms with van der Waals surface area (Å²) in [4.78, 5) is 0. The zero-order valence-electron chi connectivity index (χ0n) is 12.8. The lowest BCUT2D eigenvalue weighted by Crippen LogP contribution is -2.10. The minimum Gasteiger partial charge on any atom is -0.352 e. The van der Waals surface area contributed by atoms with Crippen molar-refractivity contribution in [2.24, 2.45) is 0 Å². The third-order valence-electron chi connectivity index (χ3n) is 3.53. The Hall–Kier alpha value is -2.69. The molecule has 2 aromatic carbocycles. The Labute approximate surface area is 130 Å². The Morgan fingerprint density at radius 2 is 1.82 bits per heavy atom. The van der Waals surface area contributed by atoms with Gasteiger partial charge >= 0.3 is 0 Å². The molecule has 1 N–H and O–H groups in total. The van der Waals surface area contributed by atoms with E-state index in [2.05, 4.69) is 59.0 Å². The summed E-state index contributed by atoms with van der Waals surface area (Å²) in [6.45, 7) is 4.95. The molecule has 0 aliphatic rings. The highest BCUT2D eigenvalue weighted by atomic mass is 15.6. The lowest BCUT2D eigenvalue weighted by Gasteiger charge is -2.07. The molecule has 0 bridgehead atoms. The molecule has 22 heavy (non-hydrogen) atoms. The van der Waals surface area contributed by atoms with Crippen molar-refractivity contribution in [1.29, 1.82) is 0 Å². The summed E-state index contributed by atoms with van der Waals surface area (Å²) < 4.78 is 1.72. The molecule has 3 rings (SSSR count). The molecule has 0 radical (unpaired) electrons. The zero-order chi connectivity index (χ0) is 15.4. The van der Waals surface area contributed by atoms with Crippen LogP contribution in [-0.4, -0.2) is 26.8 Å². The minimum absolute atomic E-state index is 0.663. The van der Waals surface area contributed by atoms with Crippen LogP contribution in [0.25, 0.3) is 5.69 Å². The lowest BCUT2D eigenvalue weighted by atomic mass is 10.1. The van der Waals surface area contributed by atoms with Gasteiger partial charge in [-0.15, -0.1) is 0 Å². The van der Waals surface area contributed by atoms with Gasteiger partial charge in [-0.3, -0.25) is 0 Å². The zero-order valence-corrected chi connectivity index (χ0v) is 12.8. The second-order valence-corrected chi connectivity index (χ2v) is 5.42. The third-order valence-corrected chi connectivity index (χ3v) is 3.53. The molecule has 5 nitrogen and oxygen atoms in total. The quantitative estimate of drug-likeness (QED) is 0.786. The molecule has 0 fully saturated rings. The Kier molecular flexibility index (Phi) is 4.14. The summed E-state index contributed by atoms with van der Waals surface area (Å²) in [6, 6.07) is 16.6. The normalized spacial score (nSPS) is 10.6. The molecule has 1 heterocycles. The highest BCUT2D eigenvalue weighted by Gasteiger charge is 2.07. The van der Waals surface area contributed by atoms with Crippen molar-refractivity contribution in [2.45, 2.75) is 20.3 Å². The predicted molar refractivity (Wildman–Crippen MR) is 87.3 cm³/mol. The summed E-state index contributed by atoms with van der Waals surface area (Å²) in [6.07, 6.45) is 0.933. The van der Waals surface area contributed by atoms with Crippen molar-refractivity contribution in [3.05, 3.63) is 65.2 Å². The van der Waals surface area contributed by atoms with Crippen LogP contribution < -0.4 is 5.32 Å². The van der Waals surface area contributed by atoms with E-state index in [9.17, 15) is 0 Å². The summed E-state index contributed by atoms with van der Waals surface area (Å²) in [5, 5.41) is 15.2. The number of hydrogen-bond acceptors (Lipinski definition) is 4. The van der Waals surface area contributed by atoms with Crippen LogP contribution in [0.2, 0.25) is 0 Å². The monoisotopic (exact) mass is 293 g/mol. The van der Waals surface area contributed by atoms with Crippen LogP contribution >= 0.6 is 0 Å². The fourth-order valence-electron chi connectivity index (χ4n) is 2.34. The molecule has 0 saturated heterocycles. The summed E-state index contributed by atoms with van der Waals surface area (Å²) in [5.74, 6) is 0.663. The average Bonchev–Trinajstić information content (AvgIpc) is 2.97. The molecule has 0 atom stereocenters. The van der Waals surface area contributed by atoms with E-state index < -0.39 is 0 Å². The summed E-state index contributed by atoms with van der Waals surface area (Å²) in [7, 11) is 0. The number of nitrogens with one attached hydrogen (secondary N) is 1. The van der Waals surface area contributed by atoms with Gasteiger partial charge in [0.15, 0.2) is 0 Å². The van der Waals surface area contributed by atoms with Gasteiger partial charge in [0.05, 0.1) is 5.69 Å². The van der Waals surface area contributed by atoms with E-state index in [0.29, 0.717) is 5.95 Å². The molecule has 5 heteroatoms. The van der Waals surface area contributed by atoms with Crippen molar-refractivity contribution >= 4 is 5.95 Å². The number of tetrazole rings is 1. The fourth-order valence-corrected chi connectivity index (χ4v) is 2.34. The molecule has 0 saturated carbocycles. The number of nitrogens with zero attached hydrogens (tertiary/aromatic N) is 4. The van der Waals surface area contributed by atoms with Crippen molar-refractivity contribution in [3.63, 3.8) is 0 Å². The Morgan fingerprint density at radius 1 is 1.00 bits per heavy atom. The number of aryl methyl sites for hydroxylation is 2. The lowest BCUT2D eigenvalue weighted by molar-refractivity contribution is 0.788. The van der Waals surface area contributed by atoms with E-state index in [1.165, 1.54) is 16.7 Å². The topological polar surface area (TPSA) is 55.6 Å². The molecule has 0 amide bonds. The van der Waals surface area contributed by atoms with E-state index in [0.717, 1.165) is 18.7 Å². The Morgan fingerprint density at radius 3 is 2.59 bits per heavy atom. The first-order valence-electron chi connectivity index (χ1n) is 7.37. The van der Waals surface area contributed by atoms with Crippen LogP contribution in [0.1, 0.15) is 16.7 Å². The Bertz CT molecular complexity index is 746. The third kappa shape index (κ3) is 3.31. The van der Waals surface area contributed by atoms with Crippen LogP contribution in [0.4, 0.5) is 5.95 Å². The van der Waals surface area contributed by atoms with E-state index in [1.54, 1.807) is 4.68 Å². The van der Waals surface area contributed by atoms with Crippen molar-refractivity contribution in [3.8, 4) is 5.69 Å². The van der Waals surface area contributed by atoms with Crippen LogP contribution in [0, 0.1) is 13.8 Å². The maximum atomic E-state index is 4.05. The SMILES string of the molecule is Cc1ccc(-n2nnnc2NCCc2cccc(C)c2)cc1. The number of benzene rings is 2. The number of rotatable bonds is 5. The molecule has 3 aromatic rings. The van der Waals surface area contributed by atoms with E-state index in [4.69, 9.17) is 0 Å². The maximum absolute atomic E-state index is 4.05. The van der Waals surface area contributed by atoms with E-state index in [-0.39, 0.29) is 0 Å². The number of hydrogen-bond donors (Lipinski definition) is 1. The molecular weight excluding hydrogens is 274 g/mol. The second kappa shape index (κ2) is 6.39. The van der Waals surface area contributed by atoms with Gasteiger partial charge in [0.25, 0.3) is 0 Å². The van der Waals surface area contributed by atoms with Gasteiger partial charge in [-0.25, -0.2) is 0 Å². The number of anilines is 1. The van der Waals surface area contributed by atoms with Crippen LogP contribution in [0.15, 0.2) is 48.5 Å². The van der Waals surface area contributed by atoms with Crippen LogP contribution in [0.3, 0.4) is 0 Å². The first-order chi connectivity index (χ1) is 10.7. The van der Waals surface area contributed by atoms with Gasteiger partial charge < -0.3 is 5.32 Å². The maximum Gasteiger partial charge on any atom is 0.247 e. The first-order valence-corrected chi connectivity index (χ1v) is 7.37. The van der Waals surface area contributed by atoms with Crippen molar-refractivity contribution < 1.29 is 0 Å². The van der Waals surface area contributed by atoms with Crippen LogP contribution in [-0.2, 0) is 6.42 Å². The minimum atomic E-state index is 0.663. The van der Waals surface area contributed by atoms with Gasteiger partial charge in [-0.1, -0.05) is 52.6 Å².